The van der Waals surface area contributed by atoms with E-state index in [1.165, 1.54) is 22.3 Å². The van der Waals surface area contributed by atoms with Gasteiger partial charge in [-0.15, -0.1) is 0 Å². The zero-order valence-corrected chi connectivity index (χ0v) is 20.2. The van der Waals surface area contributed by atoms with Crippen LogP contribution in [0.1, 0.15) is 55.9 Å². The van der Waals surface area contributed by atoms with Gasteiger partial charge < -0.3 is 15.7 Å². The smallest absolute Gasteiger partial charge is 0.191 e. The van der Waals surface area contributed by atoms with Crippen LogP contribution in [0.3, 0.4) is 0 Å². The van der Waals surface area contributed by atoms with Crippen molar-refractivity contribution in [1.29, 1.82) is 0 Å². The number of hydrogen-bond acceptors (Lipinski definition) is 3. The summed E-state index contributed by atoms with van der Waals surface area (Å²) in [5.41, 5.74) is 5.46. The van der Waals surface area contributed by atoms with Gasteiger partial charge in [-0.2, -0.15) is 0 Å². The molecule has 0 bridgehead atoms. The lowest BCUT2D eigenvalue weighted by Crippen LogP contribution is -2.37. The molecule has 0 aromatic heterocycles. The molecule has 0 aliphatic carbocycles. The lowest BCUT2D eigenvalue weighted by atomic mass is 9.86. The summed E-state index contributed by atoms with van der Waals surface area (Å²) in [5.74, 6) is 0.826. The number of aliphatic hydroxyl groups excluding tert-OH is 1. The van der Waals surface area contributed by atoms with Crippen LogP contribution >= 0.6 is 0 Å². The second-order valence-corrected chi connectivity index (χ2v) is 9.87. The molecule has 1 aliphatic heterocycles. The third kappa shape index (κ3) is 7.64. The van der Waals surface area contributed by atoms with E-state index in [1.54, 1.807) is 0 Å². The summed E-state index contributed by atoms with van der Waals surface area (Å²) < 4.78 is 0. The Labute approximate surface area is 194 Å². The van der Waals surface area contributed by atoms with Gasteiger partial charge >= 0.3 is 0 Å². The molecule has 2 aromatic carbocycles. The highest BCUT2D eigenvalue weighted by Crippen LogP contribution is 2.22. The van der Waals surface area contributed by atoms with Gasteiger partial charge in [0, 0.05) is 39.8 Å². The molecule has 1 fully saturated rings. The average molecular weight is 437 g/mol. The molecular weight excluding hydrogens is 396 g/mol. The quantitative estimate of drug-likeness (QED) is 0.456. The maximum Gasteiger partial charge on any atom is 0.191 e. The number of guanidine groups is 1. The maximum absolute atomic E-state index is 9.65. The highest BCUT2D eigenvalue weighted by molar-refractivity contribution is 5.79. The van der Waals surface area contributed by atoms with E-state index in [1.807, 2.05) is 7.05 Å². The number of aliphatic hydroxyl groups is 1. The van der Waals surface area contributed by atoms with Crippen LogP contribution in [0.5, 0.6) is 0 Å². The molecule has 1 saturated heterocycles. The Hall–Kier alpha value is -2.37. The van der Waals surface area contributed by atoms with Crippen LogP contribution in [-0.4, -0.2) is 48.8 Å². The van der Waals surface area contributed by atoms with Crippen LogP contribution in [0.15, 0.2) is 53.5 Å². The fourth-order valence-corrected chi connectivity index (χ4v) is 4.00. The second kappa shape index (κ2) is 11.5. The molecule has 5 heteroatoms. The van der Waals surface area contributed by atoms with Crippen LogP contribution in [0.4, 0.5) is 0 Å². The monoisotopic (exact) mass is 436 g/mol. The Morgan fingerprint density at radius 3 is 2.12 bits per heavy atom. The SMILES string of the molecule is CN=C(NCCc1ccc(C(C)(C)C)cc1)NCc1ccc(CN2CCC(O)CC2)cc1. The fraction of sp³-hybridized carbons (Fsp3) is 0.519. The largest absolute Gasteiger partial charge is 0.393 e. The van der Waals surface area contributed by atoms with Gasteiger partial charge in [-0.3, -0.25) is 9.89 Å². The number of nitrogens with one attached hydrogen (secondary N) is 2. The topological polar surface area (TPSA) is 59.9 Å². The summed E-state index contributed by atoms with van der Waals surface area (Å²) in [6.45, 7) is 11.2. The zero-order valence-electron chi connectivity index (χ0n) is 20.2. The van der Waals surface area contributed by atoms with E-state index >= 15 is 0 Å². The normalized spacial score (nSPS) is 16.2. The van der Waals surface area contributed by atoms with Crippen LogP contribution < -0.4 is 10.6 Å². The maximum atomic E-state index is 9.65. The van der Waals surface area contributed by atoms with E-state index in [4.69, 9.17) is 0 Å². The third-order valence-electron chi connectivity index (χ3n) is 6.20. The Morgan fingerprint density at radius 2 is 1.53 bits per heavy atom. The van der Waals surface area contributed by atoms with Crippen molar-refractivity contribution in [3.05, 3.63) is 70.8 Å². The number of benzene rings is 2. The number of likely N-dealkylation sites (tertiary alicyclic amines) is 1. The van der Waals surface area contributed by atoms with Crippen molar-refractivity contribution in [3.8, 4) is 0 Å². The van der Waals surface area contributed by atoms with Crippen molar-refractivity contribution in [1.82, 2.24) is 15.5 Å². The average Bonchev–Trinajstić information content (AvgIpc) is 2.78. The number of hydrogen-bond donors (Lipinski definition) is 3. The molecule has 0 radical (unpaired) electrons. The first-order valence-electron chi connectivity index (χ1n) is 11.9. The summed E-state index contributed by atoms with van der Waals surface area (Å²) >= 11 is 0. The molecule has 174 valence electrons. The van der Waals surface area contributed by atoms with Gasteiger partial charge in [-0.05, 0) is 46.9 Å². The summed E-state index contributed by atoms with van der Waals surface area (Å²) in [4.78, 5) is 6.77. The van der Waals surface area contributed by atoms with Gasteiger partial charge in [-0.25, -0.2) is 0 Å². The molecule has 3 rings (SSSR count). The predicted octanol–water partition coefficient (Wildman–Crippen LogP) is 3.85. The number of aliphatic imine (C=N–C) groups is 1. The van der Waals surface area contributed by atoms with Crippen LogP contribution in [0.25, 0.3) is 0 Å². The van der Waals surface area contributed by atoms with Gasteiger partial charge in [0.15, 0.2) is 5.96 Å². The first-order chi connectivity index (χ1) is 15.3. The molecule has 1 heterocycles. The highest BCUT2D eigenvalue weighted by atomic mass is 16.3. The summed E-state index contributed by atoms with van der Waals surface area (Å²) in [6.07, 6.45) is 2.62. The Morgan fingerprint density at radius 1 is 0.938 bits per heavy atom. The molecule has 2 aromatic rings. The van der Waals surface area contributed by atoms with Crippen molar-refractivity contribution in [2.24, 2.45) is 4.99 Å². The molecule has 0 atom stereocenters. The van der Waals surface area contributed by atoms with E-state index in [2.05, 4.69) is 89.8 Å². The van der Waals surface area contributed by atoms with Crippen molar-refractivity contribution in [3.63, 3.8) is 0 Å². The Balaban J connectivity index is 1.39. The lowest BCUT2D eigenvalue weighted by molar-refractivity contribution is 0.0792. The lowest BCUT2D eigenvalue weighted by Gasteiger charge is -2.29. The molecule has 0 saturated carbocycles. The molecule has 0 amide bonds. The zero-order chi connectivity index (χ0) is 23.0. The number of nitrogens with zero attached hydrogens (tertiary/aromatic N) is 2. The van der Waals surface area contributed by atoms with Crippen molar-refractivity contribution in [2.45, 2.75) is 64.6 Å². The summed E-state index contributed by atoms with van der Waals surface area (Å²) in [7, 11) is 1.81. The van der Waals surface area contributed by atoms with E-state index < -0.39 is 0 Å². The highest BCUT2D eigenvalue weighted by Gasteiger charge is 2.16. The summed E-state index contributed by atoms with van der Waals surface area (Å²) in [5, 5.41) is 16.5. The second-order valence-electron chi connectivity index (χ2n) is 9.87. The minimum Gasteiger partial charge on any atom is -0.393 e. The van der Waals surface area contributed by atoms with Crippen molar-refractivity contribution >= 4 is 5.96 Å². The van der Waals surface area contributed by atoms with Gasteiger partial charge in [0.05, 0.1) is 6.10 Å². The predicted molar refractivity (Wildman–Crippen MR) is 134 cm³/mol. The minimum absolute atomic E-state index is 0.114. The minimum atomic E-state index is -0.114. The van der Waals surface area contributed by atoms with Crippen LogP contribution in [0, 0.1) is 0 Å². The van der Waals surface area contributed by atoms with Gasteiger partial charge in [0.1, 0.15) is 0 Å². The van der Waals surface area contributed by atoms with E-state index in [0.717, 1.165) is 57.9 Å². The van der Waals surface area contributed by atoms with E-state index in [-0.39, 0.29) is 11.5 Å². The first-order valence-corrected chi connectivity index (χ1v) is 11.9. The Bertz CT molecular complexity index is 845. The molecule has 0 spiro atoms. The number of rotatable bonds is 7. The van der Waals surface area contributed by atoms with Gasteiger partial charge in [0.25, 0.3) is 0 Å². The van der Waals surface area contributed by atoms with E-state index in [9.17, 15) is 5.11 Å². The summed E-state index contributed by atoms with van der Waals surface area (Å²) in [6, 6.07) is 17.7. The first kappa shape index (κ1) is 24.3. The fourth-order valence-electron chi connectivity index (χ4n) is 4.00. The molecule has 32 heavy (non-hydrogen) atoms. The van der Waals surface area contributed by atoms with Crippen molar-refractivity contribution < 1.29 is 5.11 Å². The Kier molecular flexibility index (Phi) is 8.71. The molecule has 0 unspecified atom stereocenters. The molecule has 1 aliphatic rings. The van der Waals surface area contributed by atoms with E-state index in [0.29, 0.717) is 0 Å². The van der Waals surface area contributed by atoms with Crippen molar-refractivity contribution in [2.75, 3.05) is 26.7 Å². The molecule has 3 N–H and O–H groups in total. The standard InChI is InChI=1S/C27H40N4O/c1-27(2,3)24-11-9-21(10-12-24)13-16-29-26(28-4)30-19-22-5-7-23(8-6-22)20-31-17-14-25(32)15-18-31/h5-12,25,32H,13-20H2,1-4H3,(H2,28,29,30). The van der Waals surface area contributed by atoms with Gasteiger partial charge in [0.2, 0.25) is 0 Å². The van der Waals surface area contributed by atoms with Crippen LogP contribution in [-0.2, 0) is 24.9 Å². The number of piperidine rings is 1. The third-order valence-corrected chi connectivity index (χ3v) is 6.20. The molecule has 5 nitrogen and oxygen atoms in total. The molecular formula is C27H40N4O. The van der Waals surface area contributed by atoms with Crippen LogP contribution in [0.2, 0.25) is 0 Å². The van der Waals surface area contributed by atoms with Gasteiger partial charge in [-0.1, -0.05) is 69.3 Å².